The quantitative estimate of drug-likeness (QED) is 0.380. The lowest BCUT2D eigenvalue weighted by molar-refractivity contribution is -0.140. The number of rotatable bonds is 9. The molecule has 0 fully saturated rings. The maximum atomic E-state index is 11.9. The Morgan fingerprint density at radius 3 is 2.58 bits per heavy atom. The Balaban J connectivity index is 2.40. The fraction of sp³-hybridized carbons (Fsp3) is 0.500. The molecule has 0 saturated carbocycles. The van der Waals surface area contributed by atoms with Crippen LogP contribution in [0.4, 0.5) is 0 Å². The molecule has 0 radical (unpaired) electrons. The van der Waals surface area contributed by atoms with E-state index in [2.05, 4.69) is 15.0 Å². The third kappa shape index (κ3) is 6.46. The van der Waals surface area contributed by atoms with E-state index in [-0.39, 0.29) is 28.9 Å². The number of hydrogen-bond donors (Lipinski definition) is 1. The van der Waals surface area contributed by atoms with Gasteiger partial charge in [0.2, 0.25) is 15.9 Å². The van der Waals surface area contributed by atoms with E-state index in [0.29, 0.717) is 18.0 Å². The molecule has 0 spiro atoms. The zero-order chi connectivity index (χ0) is 18.2. The van der Waals surface area contributed by atoms with Crippen molar-refractivity contribution in [2.75, 3.05) is 33.5 Å². The maximum absolute atomic E-state index is 11.9. The van der Waals surface area contributed by atoms with Crippen molar-refractivity contribution < 1.29 is 22.7 Å². The summed E-state index contributed by atoms with van der Waals surface area (Å²) < 4.78 is 29.4. The van der Waals surface area contributed by atoms with Crippen molar-refractivity contribution in [1.82, 2.24) is 14.6 Å². The zero-order valence-electron chi connectivity index (χ0n) is 13.8. The lowest BCUT2D eigenvalue weighted by Gasteiger charge is -2.11. The van der Waals surface area contributed by atoms with Crippen LogP contribution in [0.2, 0.25) is 0 Å². The molecule has 134 valence electrons. The summed E-state index contributed by atoms with van der Waals surface area (Å²) in [6, 6.07) is 3.02. The average Bonchev–Trinajstić information content (AvgIpc) is 2.56. The molecule has 10 heteroatoms. The molecule has 1 rings (SSSR count). The van der Waals surface area contributed by atoms with Crippen LogP contribution in [-0.2, 0) is 24.3 Å². The van der Waals surface area contributed by atoms with Gasteiger partial charge >= 0.3 is 5.97 Å². The molecule has 0 bridgehead atoms. The van der Waals surface area contributed by atoms with Crippen LogP contribution >= 0.6 is 11.8 Å². The standard InChI is InChI=1S/C14H21N3O5S2/c1-17(2)24(20,21)11-6-7-13(16-9-11)23-10-12(18)15-8-4-5-14(19)22-3/h6-7,9H,4-5,8,10H2,1-3H3,(H,15,18). The fourth-order valence-corrected chi connectivity index (χ4v) is 3.09. The van der Waals surface area contributed by atoms with Crippen LogP contribution in [0.3, 0.4) is 0 Å². The van der Waals surface area contributed by atoms with Crippen molar-refractivity contribution in [3.05, 3.63) is 18.3 Å². The number of esters is 1. The highest BCUT2D eigenvalue weighted by Crippen LogP contribution is 2.18. The van der Waals surface area contributed by atoms with E-state index in [9.17, 15) is 18.0 Å². The van der Waals surface area contributed by atoms with Gasteiger partial charge < -0.3 is 10.1 Å². The molecule has 0 aliphatic rings. The van der Waals surface area contributed by atoms with Crippen molar-refractivity contribution in [2.45, 2.75) is 22.8 Å². The number of amides is 1. The van der Waals surface area contributed by atoms with E-state index in [1.54, 1.807) is 6.07 Å². The molecule has 0 unspecified atom stereocenters. The molecular formula is C14H21N3O5S2. The third-order valence-corrected chi connectivity index (χ3v) is 5.69. The van der Waals surface area contributed by atoms with Gasteiger partial charge in [-0.1, -0.05) is 11.8 Å². The van der Waals surface area contributed by atoms with Crippen molar-refractivity contribution in [1.29, 1.82) is 0 Å². The minimum Gasteiger partial charge on any atom is -0.469 e. The molecule has 1 N–H and O–H groups in total. The normalized spacial score (nSPS) is 11.3. The van der Waals surface area contributed by atoms with Crippen LogP contribution in [0.1, 0.15) is 12.8 Å². The summed E-state index contributed by atoms with van der Waals surface area (Å²) in [4.78, 5) is 26.7. The Morgan fingerprint density at radius 2 is 2.04 bits per heavy atom. The minimum absolute atomic E-state index is 0.101. The van der Waals surface area contributed by atoms with Gasteiger partial charge in [0.1, 0.15) is 4.90 Å². The second-order valence-corrected chi connectivity index (χ2v) is 8.09. The van der Waals surface area contributed by atoms with Crippen LogP contribution in [0.5, 0.6) is 0 Å². The first-order chi connectivity index (χ1) is 11.3. The van der Waals surface area contributed by atoms with Gasteiger partial charge in [0.25, 0.3) is 0 Å². The molecule has 1 heterocycles. The summed E-state index contributed by atoms with van der Waals surface area (Å²) >= 11 is 1.20. The predicted octanol–water partition coefficient (Wildman–Crippen LogP) is 0.493. The number of methoxy groups -OCH3 is 1. The van der Waals surface area contributed by atoms with Gasteiger partial charge in [-0.25, -0.2) is 17.7 Å². The summed E-state index contributed by atoms with van der Waals surface area (Å²) in [7, 11) is 0.708. The Labute approximate surface area is 146 Å². The highest BCUT2D eigenvalue weighted by atomic mass is 32.2. The van der Waals surface area contributed by atoms with Gasteiger partial charge in [-0.3, -0.25) is 9.59 Å². The molecular weight excluding hydrogens is 354 g/mol. The first-order valence-electron chi connectivity index (χ1n) is 7.12. The number of nitrogens with zero attached hydrogens (tertiary/aromatic N) is 2. The highest BCUT2D eigenvalue weighted by Gasteiger charge is 2.17. The highest BCUT2D eigenvalue weighted by molar-refractivity contribution is 7.99. The molecule has 0 aliphatic carbocycles. The summed E-state index contributed by atoms with van der Waals surface area (Å²) in [5.41, 5.74) is 0. The molecule has 1 amide bonds. The van der Waals surface area contributed by atoms with Gasteiger partial charge in [0, 0.05) is 33.3 Å². The number of carbonyl (C=O) groups is 2. The number of nitrogens with one attached hydrogen (secondary N) is 1. The van der Waals surface area contributed by atoms with E-state index in [1.165, 1.54) is 45.2 Å². The van der Waals surface area contributed by atoms with E-state index in [1.807, 2.05) is 0 Å². The zero-order valence-corrected chi connectivity index (χ0v) is 15.4. The molecule has 0 aliphatic heterocycles. The topological polar surface area (TPSA) is 106 Å². The summed E-state index contributed by atoms with van der Waals surface area (Å²) in [5.74, 6) is -0.336. The molecule has 0 atom stereocenters. The molecule has 24 heavy (non-hydrogen) atoms. The molecule has 0 aromatic carbocycles. The third-order valence-electron chi connectivity index (χ3n) is 2.95. The predicted molar refractivity (Wildman–Crippen MR) is 90.1 cm³/mol. The van der Waals surface area contributed by atoms with Crippen molar-refractivity contribution in [3.63, 3.8) is 0 Å². The van der Waals surface area contributed by atoms with E-state index < -0.39 is 10.0 Å². The number of sulfonamides is 1. The number of ether oxygens (including phenoxy) is 1. The second kappa shape index (κ2) is 9.60. The van der Waals surface area contributed by atoms with Gasteiger partial charge in [-0.15, -0.1) is 0 Å². The van der Waals surface area contributed by atoms with Crippen LogP contribution in [0.25, 0.3) is 0 Å². The lowest BCUT2D eigenvalue weighted by atomic mass is 10.3. The van der Waals surface area contributed by atoms with Crippen LogP contribution in [-0.4, -0.2) is 63.1 Å². The summed E-state index contributed by atoms with van der Waals surface area (Å²) in [5, 5.41) is 3.24. The van der Waals surface area contributed by atoms with Gasteiger partial charge in [-0.2, -0.15) is 0 Å². The first-order valence-corrected chi connectivity index (χ1v) is 9.55. The van der Waals surface area contributed by atoms with Crippen molar-refractivity contribution >= 4 is 33.7 Å². The largest absolute Gasteiger partial charge is 0.469 e. The lowest BCUT2D eigenvalue weighted by Crippen LogP contribution is -2.26. The smallest absolute Gasteiger partial charge is 0.305 e. The van der Waals surface area contributed by atoms with Crippen molar-refractivity contribution in [2.24, 2.45) is 0 Å². The summed E-state index contributed by atoms with van der Waals surface area (Å²) in [6.07, 6.45) is 2.04. The van der Waals surface area contributed by atoms with E-state index in [0.717, 1.165) is 4.31 Å². The maximum Gasteiger partial charge on any atom is 0.305 e. The van der Waals surface area contributed by atoms with Crippen LogP contribution in [0, 0.1) is 0 Å². The molecule has 8 nitrogen and oxygen atoms in total. The number of carbonyl (C=O) groups excluding carboxylic acids is 2. The van der Waals surface area contributed by atoms with Crippen molar-refractivity contribution in [3.8, 4) is 0 Å². The van der Waals surface area contributed by atoms with E-state index in [4.69, 9.17) is 0 Å². The monoisotopic (exact) mass is 375 g/mol. The first kappa shape index (κ1) is 20.4. The molecule has 1 aromatic rings. The summed E-state index contributed by atoms with van der Waals surface area (Å²) in [6.45, 7) is 0.391. The Kier molecular flexibility index (Phi) is 8.16. The minimum atomic E-state index is -3.50. The Hall–Kier alpha value is -1.65. The number of pyridine rings is 1. The Morgan fingerprint density at radius 1 is 1.33 bits per heavy atom. The fourth-order valence-electron chi connectivity index (χ4n) is 1.57. The van der Waals surface area contributed by atoms with Gasteiger partial charge in [0.15, 0.2) is 0 Å². The second-order valence-electron chi connectivity index (χ2n) is 4.94. The SMILES string of the molecule is COC(=O)CCCNC(=O)CSc1ccc(S(=O)(=O)N(C)C)cn1. The van der Waals surface area contributed by atoms with Crippen LogP contribution in [0.15, 0.2) is 28.3 Å². The van der Waals surface area contributed by atoms with Crippen LogP contribution < -0.4 is 5.32 Å². The molecule has 1 aromatic heterocycles. The average molecular weight is 375 g/mol. The number of thioether (sulfide) groups is 1. The van der Waals surface area contributed by atoms with E-state index >= 15 is 0 Å². The van der Waals surface area contributed by atoms with Gasteiger partial charge in [0.05, 0.1) is 17.9 Å². The molecule has 0 saturated heterocycles. The number of aromatic nitrogens is 1. The Bertz CT molecular complexity index is 659. The number of hydrogen-bond acceptors (Lipinski definition) is 7. The van der Waals surface area contributed by atoms with Gasteiger partial charge in [-0.05, 0) is 18.6 Å².